The molecule has 0 unspecified atom stereocenters. The highest BCUT2D eigenvalue weighted by Crippen LogP contribution is 2.42. The molecule has 0 radical (unpaired) electrons. The Labute approximate surface area is 470 Å². The lowest BCUT2D eigenvalue weighted by Gasteiger charge is -2.26. The molecular formula is C75H48B3N3. The number of hydrogen-bond donors (Lipinski definition) is 0. The Morgan fingerprint density at radius 2 is 0.691 bits per heavy atom. The van der Waals surface area contributed by atoms with Gasteiger partial charge in [-0.05, 0) is 134 Å². The van der Waals surface area contributed by atoms with Crippen molar-refractivity contribution in [2.24, 2.45) is 0 Å². The molecule has 0 saturated carbocycles. The Morgan fingerprint density at radius 3 is 1.28 bits per heavy atom. The summed E-state index contributed by atoms with van der Waals surface area (Å²) >= 11 is 0. The van der Waals surface area contributed by atoms with Crippen LogP contribution in [0.2, 0.25) is 0 Å². The molecule has 0 atom stereocenters. The Balaban J connectivity index is 0.0000000907. The van der Waals surface area contributed by atoms with E-state index in [-0.39, 0.29) is 0 Å². The molecule has 6 aliphatic rings. The second-order valence-corrected chi connectivity index (χ2v) is 23.5. The third-order valence-electron chi connectivity index (χ3n) is 19.5. The fourth-order valence-corrected chi connectivity index (χ4v) is 16.6. The maximum Gasteiger partial charge on any atom is 0.248 e. The van der Waals surface area contributed by atoms with Crippen molar-refractivity contribution >= 4 is 135 Å². The smallest absolute Gasteiger partial charge is 0.248 e. The number of aromatic nitrogens is 3. The first-order valence-electron chi connectivity index (χ1n) is 28.8. The SMILES string of the molecule is Cc1cc2c3c(c1)-n1c4ccccc4c4cccc(c41)B3c1ccccc1-2.Cc1ccc2c3c1-c1ccccc1B3c1cccc3c4ccccc4n-2c13.Cc1ccc2c3c1-n1c4ccccc4c4cccc(c41)B3c1ccccc1-2. The molecule has 21 rings (SSSR count). The second kappa shape index (κ2) is 15.7. The van der Waals surface area contributed by atoms with Gasteiger partial charge in [0.2, 0.25) is 20.1 Å². The molecule has 15 aromatic rings. The molecule has 0 aliphatic carbocycles. The molecular weight excluding hydrogens is 975 g/mol. The third kappa shape index (κ3) is 5.48. The second-order valence-electron chi connectivity index (χ2n) is 23.5. The Morgan fingerprint density at radius 1 is 0.272 bits per heavy atom. The molecule has 3 nitrogen and oxygen atoms in total. The van der Waals surface area contributed by atoms with E-state index in [1.165, 1.54) is 182 Å². The number of nitrogens with zero attached hydrogens (tertiary/aromatic N) is 3. The molecule has 0 amide bonds. The lowest BCUT2D eigenvalue weighted by Crippen LogP contribution is -2.53. The number of para-hydroxylation sites is 6. The zero-order valence-corrected chi connectivity index (χ0v) is 45.1. The van der Waals surface area contributed by atoms with Crippen LogP contribution in [0.5, 0.6) is 0 Å². The van der Waals surface area contributed by atoms with Crippen molar-refractivity contribution in [2.45, 2.75) is 20.8 Å². The maximum absolute atomic E-state index is 2.52. The maximum atomic E-state index is 2.52. The van der Waals surface area contributed by atoms with Gasteiger partial charge in [-0.3, -0.25) is 0 Å². The van der Waals surface area contributed by atoms with Gasteiger partial charge in [0.1, 0.15) is 0 Å². The van der Waals surface area contributed by atoms with Crippen LogP contribution in [-0.4, -0.2) is 33.8 Å². The third-order valence-corrected chi connectivity index (χ3v) is 19.5. The summed E-state index contributed by atoms with van der Waals surface area (Å²) in [4.78, 5) is 0. The summed E-state index contributed by atoms with van der Waals surface area (Å²) < 4.78 is 7.53. The standard InChI is InChI=1S/3C25H16BN/c1-15-13-14-22-24-23(15)18-8-2-4-10-19(18)26(24)20-11-6-9-17-16-7-3-5-12-21(16)27(22)25(17)20;1-15-13-19-16-7-2-4-10-20(16)26-21-11-6-9-18-17-8-3-5-12-22(17)27(25(18)21)23(14-15)24(19)26;1-15-13-14-18-16-7-2-4-10-20(16)26-21-11-6-9-19-17-8-3-5-12-22(17)27(25(19)21)24(15)23(18)26/h3*2-14H,1H3. The van der Waals surface area contributed by atoms with Crippen LogP contribution < -0.4 is 49.2 Å². The molecule has 0 N–H and O–H groups in total. The number of fused-ring (bicyclic) bond motifs is 24. The number of benzene rings is 12. The number of aryl methyl sites for hydroxylation is 3. The molecule has 0 fully saturated rings. The highest BCUT2D eigenvalue weighted by molar-refractivity contribution is 7.03. The monoisotopic (exact) mass is 1020 g/mol. The molecule has 3 aromatic heterocycles. The predicted molar refractivity (Wildman–Crippen MR) is 347 cm³/mol. The van der Waals surface area contributed by atoms with Gasteiger partial charge in [-0.1, -0.05) is 223 Å². The summed E-state index contributed by atoms with van der Waals surface area (Å²) in [6, 6.07) is 87.9. The average Bonchev–Trinajstić information content (AvgIpc) is 1.91. The topological polar surface area (TPSA) is 14.8 Å². The molecule has 0 saturated heterocycles. The minimum absolute atomic E-state index is 0.339. The van der Waals surface area contributed by atoms with E-state index < -0.39 is 0 Å². The number of rotatable bonds is 0. The van der Waals surface area contributed by atoms with E-state index in [0.717, 1.165) is 0 Å². The fraction of sp³-hybridized carbons (Fsp3) is 0.0400. The van der Waals surface area contributed by atoms with Crippen molar-refractivity contribution in [3.63, 3.8) is 0 Å². The van der Waals surface area contributed by atoms with Gasteiger partial charge in [0.05, 0.1) is 16.6 Å². The van der Waals surface area contributed by atoms with Crippen molar-refractivity contribution in [3.05, 3.63) is 253 Å². The minimum atomic E-state index is 0.339. The van der Waals surface area contributed by atoms with Crippen molar-refractivity contribution in [1.29, 1.82) is 0 Å². The van der Waals surface area contributed by atoms with Gasteiger partial charge in [-0.25, -0.2) is 0 Å². The molecule has 9 heterocycles. The lowest BCUT2D eigenvalue weighted by atomic mass is 9.37. The van der Waals surface area contributed by atoms with Gasteiger partial charge >= 0.3 is 0 Å². The molecule has 372 valence electrons. The van der Waals surface area contributed by atoms with Gasteiger partial charge in [-0.15, -0.1) is 0 Å². The Hall–Kier alpha value is -9.77. The van der Waals surface area contributed by atoms with Crippen LogP contribution in [0.4, 0.5) is 0 Å². The highest BCUT2D eigenvalue weighted by Gasteiger charge is 2.44. The van der Waals surface area contributed by atoms with Crippen molar-refractivity contribution < 1.29 is 0 Å². The van der Waals surface area contributed by atoms with Gasteiger partial charge in [0, 0.05) is 65.9 Å². The number of hydrogen-bond acceptors (Lipinski definition) is 0. The largest absolute Gasteiger partial charge is 0.310 e. The normalized spacial score (nSPS) is 13.3. The minimum Gasteiger partial charge on any atom is -0.310 e. The van der Waals surface area contributed by atoms with Crippen LogP contribution in [0.25, 0.3) is 116 Å². The van der Waals surface area contributed by atoms with Crippen molar-refractivity contribution in [2.75, 3.05) is 0 Å². The van der Waals surface area contributed by atoms with Crippen LogP contribution in [-0.2, 0) is 0 Å². The molecule has 81 heavy (non-hydrogen) atoms. The summed E-state index contributed by atoms with van der Waals surface area (Å²) in [5.74, 6) is 0. The van der Waals surface area contributed by atoms with Crippen LogP contribution in [0.3, 0.4) is 0 Å². The Bertz CT molecular complexity index is 5380. The van der Waals surface area contributed by atoms with Crippen LogP contribution >= 0.6 is 0 Å². The van der Waals surface area contributed by atoms with Gasteiger partial charge < -0.3 is 13.7 Å². The van der Waals surface area contributed by atoms with Crippen molar-refractivity contribution in [1.82, 2.24) is 13.7 Å². The first-order valence-corrected chi connectivity index (χ1v) is 28.8. The molecule has 0 bridgehead atoms. The van der Waals surface area contributed by atoms with Crippen molar-refractivity contribution in [3.8, 4) is 50.4 Å². The summed E-state index contributed by atoms with van der Waals surface area (Å²) in [6.07, 6.45) is 0. The summed E-state index contributed by atoms with van der Waals surface area (Å²) in [6.45, 7) is 7.74. The Kier molecular flexibility index (Phi) is 8.58. The van der Waals surface area contributed by atoms with Gasteiger partial charge in [-0.2, -0.15) is 0 Å². The van der Waals surface area contributed by atoms with Crippen LogP contribution in [0.1, 0.15) is 16.7 Å². The predicted octanol–water partition coefficient (Wildman–Crippen LogP) is 11.7. The van der Waals surface area contributed by atoms with Gasteiger partial charge in [0.25, 0.3) is 0 Å². The van der Waals surface area contributed by atoms with E-state index in [9.17, 15) is 0 Å². The average molecular weight is 1020 g/mol. The molecule has 0 spiro atoms. The van der Waals surface area contributed by atoms with Crippen LogP contribution in [0.15, 0.2) is 237 Å². The first-order chi connectivity index (χ1) is 40.0. The molecule has 6 heteroatoms. The highest BCUT2D eigenvalue weighted by atomic mass is 15.0. The summed E-state index contributed by atoms with van der Waals surface area (Å²) in [7, 11) is 0. The van der Waals surface area contributed by atoms with Gasteiger partial charge in [0.15, 0.2) is 0 Å². The van der Waals surface area contributed by atoms with E-state index in [1.54, 1.807) is 0 Å². The zero-order valence-electron chi connectivity index (χ0n) is 45.1. The quantitative estimate of drug-likeness (QED) is 0.135. The summed E-state index contributed by atoms with van der Waals surface area (Å²) in [5.41, 5.74) is 37.7. The van der Waals surface area contributed by atoms with E-state index in [2.05, 4.69) is 271 Å². The zero-order chi connectivity index (χ0) is 53.1. The van der Waals surface area contributed by atoms with E-state index in [1.807, 2.05) is 0 Å². The molecule has 12 aromatic carbocycles. The first kappa shape index (κ1) is 44.1. The van der Waals surface area contributed by atoms with E-state index in [0.29, 0.717) is 20.1 Å². The fourth-order valence-electron chi connectivity index (χ4n) is 16.6. The van der Waals surface area contributed by atoms with Crippen LogP contribution in [0, 0.1) is 20.8 Å². The summed E-state index contributed by atoms with van der Waals surface area (Å²) in [5, 5.41) is 8.12. The molecule has 6 aliphatic heterocycles. The lowest BCUT2D eigenvalue weighted by molar-refractivity contribution is 1.16. The van der Waals surface area contributed by atoms with E-state index >= 15 is 0 Å². The van der Waals surface area contributed by atoms with E-state index in [4.69, 9.17) is 0 Å².